The van der Waals surface area contributed by atoms with Crippen molar-refractivity contribution in [3.63, 3.8) is 0 Å². The van der Waals surface area contributed by atoms with Crippen LogP contribution in [0, 0.1) is 5.92 Å². The minimum atomic E-state index is -1.73. The van der Waals surface area contributed by atoms with Crippen LogP contribution in [0.2, 0.25) is 0 Å². The van der Waals surface area contributed by atoms with Crippen LogP contribution in [0.25, 0.3) is 0 Å². The van der Waals surface area contributed by atoms with Gasteiger partial charge in [0, 0.05) is 5.66 Å². The highest BCUT2D eigenvalue weighted by molar-refractivity contribution is 7.63. The molecule has 1 aliphatic rings. The van der Waals surface area contributed by atoms with Gasteiger partial charge in [0.05, 0.1) is 7.14 Å². The van der Waals surface area contributed by atoms with E-state index in [2.05, 4.69) is 6.92 Å². The first-order valence-electron chi connectivity index (χ1n) is 3.56. The van der Waals surface area contributed by atoms with Crippen molar-refractivity contribution in [2.24, 2.45) is 5.92 Å². The maximum absolute atomic E-state index is 11.4. The van der Waals surface area contributed by atoms with Crippen molar-refractivity contribution in [3.8, 4) is 0 Å². The summed E-state index contributed by atoms with van der Waals surface area (Å²) in [5.41, 5.74) is 0.553. The van der Waals surface area contributed by atoms with E-state index in [1.807, 2.05) is 13.3 Å². The molecule has 1 aliphatic carbocycles. The highest BCUT2D eigenvalue weighted by Gasteiger charge is 2.35. The molecule has 1 fully saturated rings. The summed E-state index contributed by atoms with van der Waals surface area (Å²) in [5, 5.41) is 0. The highest BCUT2D eigenvalue weighted by Crippen LogP contribution is 2.54. The third kappa shape index (κ3) is 1.38. The SMILES string of the molecule is CC1CCC1P(C)(C)=O. The summed E-state index contributed by atoms with van der Waals surface area (Å²) in [5.74, 6) is 0.728. The first-order chi connectivity index (χ1) is 4.02. The molecule has 0 bridgehead atoms. The smallest absolute Gasteiger partial charge is 0.0851 e. The zero-order valence-corrected chi connectivity index (χ0v) is 7.32. The Morgan fingerprint density at radius 1 is 1.33 bits per heavy atom. The van der Waals surface area contributed by atoms with E-state index >= 15 is 0 Å². The van der Waals surface area contributed by atoms with Crippen molar-refractivity contribution in [1.29, 1.82) is 0 Å². The van der Waals surface area contributed by atoms with Gasteiger partial charge in [0.25, 0.3) is 0 Å². The number of rotatable bonds is 1. The van der Waals surface area contributed by atoms with E-state index in [4.69, 9.17) is 0 Å². The van der Waals surface area contributed by atoms with Crippen LogP contribution in [0.5, 0.6) is 0 Å². The Balaban J connectivity index is 2.54. The Bertz CT molecular complexity index is 147. The van der Waals surface area contributed by atoms with Gasteiger partial charge in [-0.25, -0.2) is 0 Å². The molecule has 0 saturated heterocycles. The van der Waals surface area contributed by atoms with Crippen LogP contribution in [0.1, 0.15) is 19.8 Å². The first-order valence-corrected chi connectivity index (χ1v) is 6.23. The second-order valence-corrected chi connectivity index (χ2v) is 7.09. The van der Waals surface area contributed by atoms with Crippen LogP contribution < -0.4 is 0 Å². The molecule has 9 heavy (non-hydrogen) atoms. The molecule has 1 rings (SSSR count). The Labute approximate surface area is 57.2 Å². The third-order valence-electron chi connectivity index (χ3n) is 2.37. The van der Waals surface area contributed by atoms with Crippen LogP contribution in [0.3, 0.4) is 0 Å². The summed E-state index contributed by atoms with van der Waals surface area (Å²) < 4.78 is 11.4. The van der Waals surface area contributed by atoms with Gasteiger partial charge in [-0.15, -0.1) is 0 Å². The van der Waals surface area contributed by atoms with E-state index in [0.29, 0.717) is 5.66 Å². The van der Waals surface area contributed by atoms with E-state index < -0.39 is 7.14 Å². The zero-order chi connectivity index (χ0) is 7.07. The van der Waals surface area contributed by atoms with Crippen LogP contribution in [0.4, 0.5) is 0 Å². The van der Waals surface area contributed by atoms with Crippen LogP contribution in [-0.2, 0) is 4.57 Å². The lowest BCUT2D eigenvalue weighted by Crippen LogP contribution is -2.28. The van der Waals surface area contributed by atoms with Gasteiger partial charge in [-0.3, -0.25) is 0 Å². The molecule has 2 atom stereocenters. The summed E-state index contributed by atoms with van der Waals surface area (Å²) in [6, 6.07) is 0. The van der Waals surface area contributed by atoms with Crippen molar-refractivity contribution in [2.45, 2.75) is 25.4 Å². The number of hydrogen-bond donors (Lipinski definition) is 0. The Kier molecular flexibility index (Phi) is 1.73. The van der Waals surface area contributed by atoms with Crippen molar-refractivity contribution >= 4 is 7.14 Å². The molecule has 0 amide bonds. The molecule has 2 heteroatoms. The van der Waals surface area contributed by atoms with Gasteiger partial charge in [0.15, 0.2) is 0 Å². The molecule has 1 nitrogen and oxygen atoms in total. The molecule has 0 aromatic rings. The summed E-state index contributed by atoms with van der Waals surface area (Å²) in [7, 11) is -1.73. The standard InChI is InChI=1S/C7H15OP/c1-6-4-5-7(6)9(2,3)8/h6-7H,4-5H2,1-3H3. The van der Waals surface area contributed by atoms with Gasteiger partial charge in [-0.1, -0.05) is 6.92 Å². The summed E-state index contributed by atoms with van der Waals surface area (Å²) in [6.45, 7) is 6.02. The molecule has 0 N–H and O–H groups in total. The maximum Gasteiger partial charge on any atom is 0.0851 e. The number of hydrogen-bond acceptors (Lipinski definition) is 1. The lowest BCUT2D eigenvalue weighted by atomic mass is 9.87. The molecule has 0 aromatic heterocycles. The van der Waals surface area contributed by atoms with Crippen molar-refractivity contribution in [2.75, 3.05) is 13.3 Å². The lowest BCUT2D eigenvalue weighted by Gasteiger charge is -2.36. The average Bonchev–Trinajstić information content (AvgIpc) is 1.57. The normalized spacial score (nSPS) is 35.9. The molecule has 54 valence electrons. The first kappa shape index (κ1) is 7.34. The Morgan fingerprint density at radius 2 is 1.89 bits per heavy atom. The molecule has 0 spiro atoms. The van der Waals surface area contributed by atoms with Crippen molar-refractivity contribution < 1.29 is 4.57 Å². The van der Waals surface area contributed by atoms with Crippen LogP contribution >= 0.6 is 7.14 Å². The fraction of sp³-hybridized carbons (Fsp3) is 1.00. The third-order valence-corrected chi connectivity index (χ3v) is 4.74. The fourth-order valence-corrected chi connectivity index (χ4v) is 3.72. The fourth-order valence-electron chi connectivity index (χ4n) is 1.57. The second-order valence-electron chi connectivity index (χ2n) is 3.56. The molecule has 1 saturated carbocycles. The van der Waals surface area contributed by atoms with E-state index in [1.165, 1.54) is 12.8 Å². The monoisotopic (exact) mass is 146 g/mol. The van der Waals surface area contributed by atoms with Gasteiger partial charge in [0.2, 0.25) is 0 Å². The minimum absolute atomic E-state index is 0.553. The van der Waals surface area contributed by atoms with Gasteiger partial charge in [-0.05, 0) is 32.1 Å². The topological polar surface area (TPSA) is 17.1 Å². The van der Waals surface area contributed by atoms with E-state index in [0.717, 1.165) is 5.92 Å². The average molecular weight is 146 g/mol. The summed E-state index contributed by atoms with van der Waals surface area (Å²) in [6.07, 6.45) is 2.49. The van der Waals surface area contributed by atoms with Gasteiger partial charge in [-0.2, -0.15) is 0 Å². The molecular weight excluding hydrogens is 131 g/mol. The quantitative estimate of drug-likeness (QED) is 0.519. The van der Waals surface area contributed by atoms with Crippen LogP contribution in [0.15, 0.2) is 0 Å². The van der Waals surface area contributed by atoms with Gasteiger partial charge < -0.3 is 4.57 Å². The van der Waals surface area contributed by atoms with Crippen molar-refractivity contribution in [3.05, 3.63) is 0 Å². The summed E-state index contributed by atoms with van der Waals surface area (Å²) >= 11 is 0. The molecule has 0 aromatic carbocycles. The van der Waals surface area contributed by atoms with E-state index in [9.17, 15) is 4.57 Å². The van der Waals surface area contributed by atoms with Crippen molar-refractivity contribution in [1.82, 2.24) is 0 Å². The minimum Gasteiger partial charge on any atom is -0.324 e. The second kappa shape index (κ2) is 2.12. The zero-order valence-electron chi connectivity index (χ0n) is 6.42. The highest BCUT2D eigenvalue weighted by atomic mass is 31.2. The molecule has 0 heterocycles. The van der Waals surface area contributed by atoms with Crippen LogP contribution in [-0.4, -0.2) is 19.0 Å². The summed E-state index contributed by atoms with van der Waals surface area (Å²) in [4.78, 5) is 0. The maximum atomic E-state index is 11.4. The molecule has 0 radical (unpaired) electrons. The van der Waals surface area contributed by atoms with Gasteiger partial charge in [0.1, 0.15) is 0 Å². The Hall–Kier alpha value is 0.230. The predicted molar refractivity (Wildman–Crippen MR) is 41.6 cm³/mol. The van der Waals surface area contributed by atoms with E-state index in [1.54, 1.807) is 0 Å². The van der Waals surface area contributed by atoms with Gasteiger partial charge >= 0.3 is 0 Å². The lowest BCUT2D eigenvalue weighted by molar-refractivity contribution is 0.345. The van der Waals surface area contributed by atoms with E-state index in [-0.39, 0.29) is 0 Å². The molecule has 0 aliphatic heterocycles. The largest absolute Gasteiger partial charge is 0.324 e. The Morgan fingerprint density at radius 3 is 1.89 bits per heavy atom. The predicted octanol–water partition coefficient (Wildman–Crippen LogP) is 2.41. The molecule has 2 unspecified atom stereocenters. The molecular formula is C7H15OP.